The number of carboxylic acids is 1. The Bertz CT molecular complexity index is 254. The zero-order chi connectivity index (χ0) is 13.4. The third-order valence-corrected chi connectivity index (χ3v) is 2.57. The molecule has 5 heteroatoms. The molecule has 0 heterocycles. The van der Waals surface area contributed by atoms with E-state index in [1.165, 1.54) is 0 Å². The predicted octanol–water partition coefficient (Wildman–Crippen LogP) is 1.97. The van der Waals surface area contributed by atoms with Crippen molar-refractivity contribution >= 4 is 12.0 Å². The van der Waals surface area contributed by atoms with Crippen molar-refractivity contribution in [1.82, 2.24) is 10.6 Å². The lowest BCUT2D eigenvalue weighted by Crippen LogP contribution is -2.48. The SMILES string of the molecule is CC[C@@H](NC(=O)NC(C)CCC(C)C)C(=O)O. The molecule has 0 spiro atoms. The van der Waals surface area contributed by atoms with Gasteiger partial charge in [-0.2, -0.15) is 0 Å². The molecule has 0 rings (SSSR count). The van der Waals surface area contributed by atoms with E-state index in [1.807, 2.05) is 6.92 Å². The van der Waals surface area contributed by atoms with Gasteiger partial charge >= 0.3 is 12.0 Å². The summed E-state index contributed by atoms with van der Waals surface area (Å²) in [6, 6.07) is -1.16. The fraction of sp³-hybridized carbons (Fsp3) is 0.833. The molecule has 0 saturated heterocycles. The molecule has 2 atom stereocenters. The van der Waals surface area contributed by atoms with Crippen LogP contribution in [0.3, 0.4) is 0 Å². The summed E-state index contributed by atoms with van der Waals surface area (Å²) in [7, 11) is 0. The minimum atomic E-state index is -1.00. The molecule has 0 bridgehead atoms. The fourth-order valence-electron chi connectivity index (χ4n) is 1.42. The van der Waals surface area contributed by atoms with Crippen molar-refractivity contribution in [2.24, 2.45) is 5.92 Å². The topological polar surface area (TPSA) is 78.4 Å². The van der Waals surface area contributed by atoms with Crippen molar-refractivity contribution in [1.29, 1.82) is 0 Å². The molecule has 0 aliphatic carbocycles. The monoisotopic (exact) mass is 244 g/mol. The Morgan fingerprint density at radius 2 is 1.71 bits per heavy atom. The molecular formula is C12H24N2O3. The standard InChI is InChI=1S/C12H24N2O3/c1-5-10(11(15)16)14-12(17)13-9(4)7-6-8(2)3/h8-10H,5-7H2,1-4H3,(H,15,16)(H2,13,14,17)/t9?,10-/m1/s1. The van der Waals surface area contributed by atoms with Crippen LogP contribution in [-0.4, -0.2) is 29.2 Å². The molecular weight excluding hydrogens is 220 g/mol. The van der Waals surface area contributed by atoms with E-state index in [0.717, 1.165) is 12.8 Å². The third-order valence-electron chi connectivity index (χ3n) is 2.57. The molecule has 17 heavy (non-hydrogen) atoms. The zero-order valence-corrected chi connectivity index (χ0v) is 11.1. The van der Waals surface area contributed by atoms with Crippen LogP contribution >= 0.6 is 0 Å². The maximum Gasteiger partial charge on any atom is 0.326 e. The first kappa shape index (κ1) is 15.7. The van der Waals surface area contributed by atoms with Gasteiger partial charge in [-0.15, -0.1) is 0 Å². The first-order valence-electron chi connectivity index (χ1n) is 6.16. The van der Waals surface area contributed by atoms with Crippen molar-refractivity contribution in [2.45, 2.75) is 59.0 Å². The van der Waals surface area contributed by atoms with E-state index in [-0.39, 0.29) is 6.04 Å². The second-order valence-electron chi connectivity index (χ2n) is 4.79. The van der Waals surface area contributed by atoms with Gasteiger partial charge in [-0.05, 0) is 32.1 Å². The summed E-state index contributed by atoms with van der Waals surface area (Å²) in [5, 5.41) is 14.0. The summed E-state index contributed by atoms with van der Waals surface area (Å²) in [6.07, 6.45) is 2.32. The van der Waals surface area contributed by atoms with Crippen LogP contribution in [0.25, 0.3) is 0 Å². The fourth-order valence-corrected chi connectivity index (χ4v) is 1.42. The number of aliphatic carboxylic acids is 1. The van der Waals surface area contributed by atoms with Crippen molar-refractivity contribution < 1.29 is 14.7 Å². The van der Waals surface area contributed by atoms with Crippen molar-refractivity contribution in [2.75, 3.05) is 0 Å². The minimum absolute atomic E-state index is 0.0590. The lowest BCUT2D eigenvalue weighted by molar-refractivity contribution is -0.139. The number of carboxylic acid groups (broad SMARTS) is 1. The maximum absolute atomic E-state index is 11.5. The Kier molecular flexibility index (Phi) is 7.34. The maximum atomic E-state index is 11.5. The molecule has 100 valence electrons. The summed E-state index contributed by atoms with van der Waals surface area (Å²) >= 11 is 0. The van der Waals surface area contributed by atoms with Gasteiger partial charge < -0.3 is 15.7 Å². The van der Waals surface area contributed by atoms with Crippen molar-refractivity contribution in [3.8, 4) is 0 Å². The highest BCUT2D eigenvalue weighted by Crippen LogP contribution is 2.06. The molecule has 2 amide bonds. The lowest BCUT2D eigenvalue weighted by Gasteiger charge is -2.18. The van der Waals surface area contributed by atoms with E-state index in [1.54, 1.807) is 6.92 Å². The van der Waals surface area contributed by atoms with E-state index < -0.39 is 18.0 Å². The van der Waals surface area contributed by atoms with Gasteiger partial charge in [0.1, 0.15) is 6.04 Å². The zero-order valence-electron chi connectivity index (χ0n) is 11.1. The van der Waals surface area contributed by atoms with Crippen LogP contribution in [0.5, 0.6) is 0 Å². The summed E-state index contributed by atoms with van der Waals surface area (Å²) in [6.45, 7) is 7.90. The number of rotatable bonds is 7. The predicted molar refractivity (Wildman–Crippen MR) is 66.9 cm³/mol. The molecule has 0 aromatic rings. The van der Waals surface area contributed by atoms with Gasteiger partial charge in [0.15, 0.2) is 0 Å². The quantitative estimate of drug-likeness (QED) is 0.640. The first-order valence-corrected chi connectivity index (χ1v) is 6.16. The number of carbonyl (C=O) groups excluding carboxylic acids is 1. The van der Waals surface area contributed by atoms with E-state index >= 15 is 0 Å². The summed E-state index contributed by atoms with van der Waals surface area (Å²) in [5.41, 5.74) is 0. The molecule has 0 aromatic heterocycles. The summed E-state index contributed by atoms with van der Waals surface area (Å²) in [4.78, 5) is 22.2. The van der Waals surface area contributed by atoms with Crippen molar-refractivity contribution in [3.05, 3.63) is 0 Å². The van der Waals surface area contributed by atoms with Gasteiger partial charge in [0.05, 0.1) is 0 Å². The molecule has 0 aliphatic heterocycles. The number of urea groups is 1. The molecule has 5 nitrogen and oxygen atoms in total. The normalized spacial score (nSPS) is 14.2. The van der Waals surface area contributed by atoms with Crippen LogP contribution in [-0.2, 0) is 4.79 Å². The van der Waals surface area contributed by atoms with Gasteiger partial charge in [0.2, 0.25) is 0 Å². The molecule has 0 aliphatic rings. The van der Waals surface area contributed by atoms with Gasteiger partial charge in [-0.25, -0.2) is 9.59 Å². The largest absolute Gasteiger partial charge is 0.480 e. The Balaban J connectivity index is 3.95. The van der Waals surface area contributed by atoms with E-state index in [4.69, 9.17) is 5.11 Å². The van der Waals surface area contributed by atoms with Crippen LogP contribution in [0.2, 0.25) is 0 Å². The Hall–Kier alpha value is -1.26. The number of carbonyl (C=O) groups is 2. The first-order chi connectivity index (χ1) is 7.86. The van der Waals surface area contributed by atoms with Gasteiger partial charge in [-0.1, -0.05) is 20.8 Å². The minimum Gasteiger partial charge on any atom is -0.480 e. The molecule has 0 aromatic carbocycles. The average molecular weight is 244 g/mol. The number of nitrogens with one attached hydrogen (secondary N) is 2. The smallest absolute Gasteiger partial charge is 0.326 e. The van der Waals surface area contributed by atoms with E-state index in [2.05, 4.69) is 24.5 Å². The lowest BCUT2D eigenvalue weighted by atomic mass is 10.0. The molecule has 3 N–H and O–H groups in total. The molecule has 0 saturated carbocycles. The van der Waals surface area contributed by atoms with Crippen LogP contribution in [0.4, 0.5) is 4.79 Å². The summed E-state index contributed by atoms with van der Waals surface area (Å²) < 4.78 is 0. The highest BCUT2D eigenvalue weighted by molar-refractivity contribution is 5.82. The van der Waals surface area contributed by atoms with E-state index in [0.29, 0.717) is 12.3 Å². The Labute approximate surface area is 103 Å². The number of hydrogen-bond donors (Lipinski definition) is 3. The van der Waals surface area contributed by atoms with Gasteiger partial charge in [0.25, 0.3) is 0 Å². The Morgan fingerprint density at radius 1 is 1.12 bits per heavy atom. The number of hydrogen-bond acceptors (Lipinski definition) is 2. The third kappa shape index (κ3) is 7.60. The summed E-state index contributed by atoms with van der Waals surface area (Å²) in [5.74, 6) is -0.401. The molecule has 1 unspecified atom stereocenters. The highest BCUT2D eigenvalue weighted by Gasteiger charge is 2.18. The Morgan fingerprint density at radius 3 is 2.12 bits per heavy atom. The van der Waals surface area contributed by atoms with Gasteiger partial charge in [0, 0.05) is 6.04 Å². The van der Waals surface area contributed by atoms with Crippen LogP contribution in [0.15, 0.2) is 0 Å². The molecule has 0 fully saturated rings. The number of amides is 2. The average Bonchev–Trinajstić information content (AvgIpc) is 2.22. The second kappa shape index (κ2) is 7.92. The van der Waals surface area contributed by atoms with Crippen LogP contribution < -0.4 is 10.6 Å². The van der Waals surface area contributed by atoms with Crippen LogP contribution in [0, 0.1) is 5.92 Å². The van der Waals surface area contributed by atoms with Gasteiger partial charge in [-0.3, -0.25) is 0 Å². The van der Waals surface area contributed by atoms with Crippen LogP contribution in [0.1, 0.15) is 47.0 Å². The van der Waals surface area contributed by atoms with E-state index in [9.17, 15) is 9.59 Å². The molecule has 0 radical (unpaired) electrons. The highest BCUT2D eigenvalue weighted by atomic mass is 16.4. The second-order valence-corrected chi connectivity index (χ2v) is 4.79. The van der Waals surface area contributed by atoms with Crippen molar-refractivity contribution in [3.63, 3.8) is 0 Å².